The first-order valence-electron chi connectivity index (χ1n) is 12.5. The molecule has 0 radical (unpaired) electrons. The first-order chi connectivity index (χ1) is 18.3. The minimum absolute atomic E-state index is 0.00894. The van der Waals surface area contributed by atoms with Crippen LogP contribution >= 0.6 is 0 Å². The van der Waals surface area contributed by atoms with E-state index in [-0.39, 0.29) is 65.0 Å². The summed E-state index contributed by atoms with van der Waals surface area (Å²) in [5, 5.41) is 4.04. The average Bonchev–Trinajstić information content (AvgIpc) is 3.38. The molecule has 2 aliphatic heterocycles. The van der Waals surface area contributed by atoms with Gasteiger partial charge >= 0.3 is 11.9 Å². The standard InChI is InChI=1S/C23H35N3O12/c1-2-33-16-24-10-3-11-36-17(14-34-12-8-22(31)37-25-18(27)4-5-19(25)28)15-35-13-9-23(32)38-26-20(29)6-7-21(26)30/h17,24H,2-16H2,1H3. The molecule has 2 heterocycles. The van der Waals surface area contributed by atoms with Crippen molar-refractivity contribution >= 4 is 35.6 Å². The second kappa shape index (κ2) is 17.5. The van der Waals surface area contributed by atoms with Gasteiger partial charge in [-0.3, -0.25) is 24.5 Å². The molecule has 2 saturated heterocycles. The lowest BCUT2D eigenvalue weighted by molar-refractivity contribution is -0.198. The van der Waals surface area contributed by atoms with Crippen molar-refractivity contribution in [2.75, 3.05) is 52.9 Å². The second-order valence-corrected chi connectivity index (χ2v) is 8.22. The van der Waals surface area contributed by atoms with Crippen molar-refractivity contribution in [2.45, 2.75) is 58.0 Å². The van der Waals surface area contributed by atoms with E-state index in [1.165, 1.54) is 0 Å². The van der Waals surface area contributed by atoms with Gasteiger partial charge in [0.2, 0.25) is 0 Å². The predicted molar refractivity (Wildman–Crippen MR) is 124 cm³/mol. The fraction of sp³-hybridized carbons (Fsp3) is 0.739. The smallest absolute Gasteiger partial charge is 0.335 e. The lowest BCUT2D eigenvalue weighted by atomic mass is 10.3. The number of nitrogens with one attached hydrogen (secondary N) is 1. The molecule has 1 N–H and O–H groups in total. The molecule has 2 aliphatic rings. The van der Waals surface area contributed by atoms with Gasteiger partial charge in [-0.25, -0.2) is 9.59 Å². The van der Waals surface area contributed by atoms with E-state index < -0.39 is 41.7 Å². The number of hydrogen-bond donors (Lipinski definition) is 1. The first-order valence-corrected chi connectivity index (χ1v) is 12.5. The van der Waals surface area contributed by atoms with Gasteiger partial charge in [0.25, 0.3) is 23.6 Å². The van der Waals surface area contributed by atoms with Gasteiger partial charge < -0.3 is 28.6 Å². The van der Waals surface area contributed by atoms with Crippen LogP contribution in [0.2, 0.25) is 0 Å². The maximum Gasteiger partial charge on any atom is 0.335 e. The van der Waals surface area contributed by atoms with Crippen LogP contribution in [0.5, 0.6) is 0 Å². The van der Waals surface area contributed by atoms with E-state index in [9.17, 15) is 28.8 Å². The van der Waals surface area contributed by atoms with Crippen LogP contribution < -0.4 is 5.32 Å². The number of ether oxygens (including phenoxy) is 4. The molecule has 15 nitrogen and oxygen atoms in total. The van der Waals surface area contributed by atoms with Gasteiger partial charge in [0.15, 0.2) is 0 Å². The summed E-state index contributed by atoms with van der Waals surface area (Å²) in [6.07, 6.45) is -0.193. The quantitative estimate of drug-likeness (QED) is 0.116. The van der Waals surface area contributed by atoms with E-state index in [0.29, 0.717) is 43.0 Å². The number of rotatable bonds is 20. The maximum absolute atomic E-state index is 11.9. The highest BCUT2D eigenvalue weighted by molar-refractivity contribution is 6.02. The van der Waals surface area contributed by atoms with Crippen molar-refractivity contribution < 1.29 is 57.4 Å². The van der Waals surface area contributed by atoms with Gasteiger partial charge in [-0.15, -0.1) is 10.1 Å². The van der Waals surface area contributed by atoms with Crippen molar-refractivity contribution in [3.05, 3.63) is 0 Å². The summed E-state index contributed by atoms with van der Waals surface area (Å²) in [4.78, 5) is 79.4. The molecule has 38 heavy (non-hydrogen) atoms. The molecule has 0 aromatic carbocycles. The molecule has 0 spiro atoms. The number of nitrogens with zero attached hydrogens (tertiary/aromatic N) is 2. The summed E-state index contributed by atoms with van der Waals surface area (Å²) in [5.41, 5.74) is 0. The molecule has 2 fully saturated rings. The van der Waals surface area contributed by atoms with Crippen molar-refractivity contribution in [1.82, 2.24) is 15.4 Å². The molecule has 0 atom stereocenters. The molecule has 0 aromatic rings. The summed E-state index contributed by atoms with van der Waals surface area (Å²) in [6, 6.07) is 0. The van der Waals surface area contributed by atoms with E-state index in [4.69, 9.17) is 28.6 Å². The number of hydrogen-bond acceptors (Lipinski definition) is 13. The normalized spacial score (nSPS) is 15.7. The molecule has 2 rings (SSSR count). The summed E-state index contributed by atoms with van der Waals surface area (Å²) < 4.78 is 21.9. The minimum Gasteiger partial charge on any atom is -0.378 e. The SMILES string of the molecule is CCOCNCCCOC(COCCC(=O)ON1C(=O)CCC1=O)COCCC(=O)ON1C(=O)CCC1=O. The summed E-state index contributed by atoms with van der Waals surface area (Å²) >= 11 is 0. The van der Waals surface area contributed by atoms with Crippen molar-refractivity contribution in [3.63, 3.8) is 0 Å². The zero-order valence-electron chi connectivity index (χ0n) is 21.5. The number of hydroxylamine groups is 4. The van der Waals surface area contributed by atoms with Crippen LogP contribution in [0.25, 0.3) is 0 Å². The Morgan fingerprint density at radius 3 is 1.68 bits per heavy atom. The highest BCUT2D eigenvalue weighted by Gasteiger charge is 2.33. The van der Waals surface area contributed by atoms with Crippen molar-refractivity contribution in [3.8, 4) is 0 Å². The van der Waals surface area contributed by atoms with Crippen molar-refractivity contribution in [2.24, 2.45) is 0 Å². The molecule has 214 valence electrons. The van der Waals surface area contributed by atoms with Crippen LogP contribution in [0.1, 0.15) is 51.9 Å². The Balaban J connectivity index is 1.67. The van der Waals surface area contributed by atoms with Gasteiger partial charge in [-0.2, -0.15) is 0 Å². The molecular formula is C23H35N3O12. The minimum atomic E-state index is -0.781. The van der Waals surface area contributed by atoms with Crippen LogP contribution in [0.15, 0.2) is 0 Å². The van der Waals surface area contributed by atoms with Gasteiger partial charge in [0.1, 0.15) is 6.10 Å². The Labute approximate surface area is 219 Å². The van der Waals surface area contributed by atoms with Gasteiger partial charge in [-0.1, -0.05) is 0 Å². The van der Waals surface area contributed by atoms with E-state index in [1.54, 1.807) is 0 Å². The Morgan fingerprint density at radius 2 is 1.24 bits per heavy atom. The van der Waals surface area contributed by atoms with Gasteiger partial charge in [0.05, 0.1) is 46.0 Å². The molecule has 0 saturated carbocycles. The third-order valence-corrected chi connectivity index (χ3v) is 5.17. The third-order valence-electron chi connectivity index (χ3n) is 5.17. The molecule has 0 unspecified atom stereocenters. The molecule has 0 bridgehead atoms. The van der Waals surface area contributed by atoms with Crippen LogP contribution in [0.3, 0.4) is 0 Å². The number of imide groups is 2. The molecular weight excluding hydrogens is 510 g/mol. The summed E-state index contributed by atoms with van der Waals surface area (Å²) in [6.45, 7) is 3.99. The maximum atomic E-state index is 11.9. The van der Waals surface area contributed by atoms with Crippen LogP contribution in [0, 0.1) is 0 Å². The van der Waals surface area contributed by atoms with Crippen LogP contribution in [-0.2, 0) is 57.4 Å². The Bertz CT molecular complexity index is 746. The Kier molecular flexibility index (Phi) is 14.4. The monoisotopic (exact) mass is 545 g/mol. The zero-order valence-corrected chi connectivity index (χ0v) is 21.5. The van der Waals surface area contributed by atoms with Gasteiger partial charge in [0, 0.05) is 38.9 Å². The second-order valence-electron chi connectivity index (χ2n) is 8.22. The third kappa shape index (κ3) is 11.6. The molecule has 0 aromatic heterocycles. The van der Waals surface area contributed by atoms with E-state index in [1.807, 2.05) is 6.92 Å². The molecule has 0 aliphatic carbocycles. The Morgan fingerprint density at radius 1 is 0.763 bits per heavy atom. The fourth-order valence-electron chi connectivity index (χ4n) is 3.19. The van der Waals surface area contributed by atoms with E-state index in [2.05, 4.69) is 5.32 Å². The van der Waals surface area contributed by atoms with E-state index >= 15 is 0 Å². The Hall–Kier alpha value is -2.98. The van der Waals surface area contributed by atoms with Crippen molar-refractivity contribution in [1.29, 1.82) is 0 Å². The summed E-state index contributed by atoms with van der Waals surface area (Å²) in [5.74, 6) is -3.81. The lowest BCUT2D eigenvalue weighted by Gasteiger charge is -2.19. The first kappa shape index (κ1) is 31.2. The molecule has 4 amide bonds. The average molecular weight is 546 g/mol. The number of carbonyl (C=O) groups is 6. The predicted octanol–water partition coefficient (Wildman–Crippen LogP) is -0.627. The topological polar surface area (TPSA) is 176 Å². The number of amides is 4. The van der Waals surface area contributed by atoms with Crippen LogP contribution in [0.4, 0.5) is 0 Å². The lowest BCUT2D eigenvalue weighted by Crippen LogP contribution is -2.33. The van der Waals surface area contributed by atoms with Crippen LogP contribution in [-0.4, -0.2) is 105 Å². The number of carbonyl (C=O) groups excluding carboxylic acids is 6. The molecule has 15 heteroatoms. The summed E-state index contributed by atoms with van der Waals surface area (Å²) in [7, 11) is 0. The van der Waals surface area contributed by atoms with Gasteiger partial charge in [-0.05, 0) is 19.9 Å². The highest BCUT2D eigenvalue weighted by atomic mass is 16.7. The van der Waals surface area contributed by atoms with E-state index in [0.717, 1.165) is 0 Å². The zero-order chi connectivity index (χ0) is 27.8. The largest absolute Gasteiger partial charge is 0.378 e. The highest BCUT2D eigenvalue weighted by Crippen LogP contribution is 2.13. The fourth-order valence-corrected chi connectivity index (χ4v) is 3.19.